The zero-order chi connectivity index (χ0) is 19.1. The molecular formula is C19H17Cl2NO4. The number of carbonyl (C=O) groups is 3. The van der Waals surface area contributed by atoms with Crippen LogP contribution in [0.15, 0.2) is 48.5 Å². The van der Waals surface area contributed by atoms with Crippen molar-refractivity contribution in [2.24, 2.45) is 0 Å². The minimum atomic E-state index is -0.921. The number of ketones is 1. The predicted octanol–water partition coefficient (Wildman–Crippen LogP) is 3.93. The number of carbonyl (C=O) groups excluding carboxylic acids is 3. The summed E-state index contributed by atoms with van der Waals surface area (Å²) < 4.78 is 5.11. The lowest BCUT2D eigenvalue weighted by Gasteiger charge is -2.12. The highest BCUT2D eigenvalue weighted by Crippen LogP contribution is 2.13. The highest BCUT2D eigenvalue weighted by atomic mass is 35.5. The lowest BCUT2D eigenvalue weighted by atomic mass is 10.1. The molecule has 2 aromatic carbocycles. The number of rotatable bonds is 7. The van der Waals surface area contributed by atoms with Crippen LogP contribution in [0.1, 0.15) is 34.1 Å². The molecular weight excluding hydrogens is 377 g/mol. The van der Waals surface area contributed by atoms with Crippen LogP contribution in [0.5, 0.6) is 0 Å². The SMILES string of the molecule is C[C@@H](OC(=O)CCNC(=O)c1ccc(Cl)cc1)C(=O)c1ccc(Cl)cc1. The van der Waals surface area contributed by atoms with Crippen molar-refractivity contribution in [3.8, 4) is 0 Å². The van der Waals surface area contributed by atoms with Gasteiger partial charge >= 0.3 is 5.97 Å². The van der Waals surface area contributed by atoms with Gasteiger partial charge in [-0.1, -0.05) is 23.2 Å². The molecule has 136 valence electrons. The quantitative estimate of drug-likeness (QED) is 0.571. The summed E-state index contributed by atoms with van der Waals surface area (Å²) in [7, 11) is 0. The van der Waals surface area contributed by atoms with Crippen molar-refractivity contribution in [3.63, 3.8) is 0 Å². The summed E-state index contributed by atoms with van der Waals surface area (Å²) in [4.78, 5) is 35.9. The largest absolute Gasteiger partial charge is 0.454 e. The van der Waals surface area contributed by atoms with E-state index in [1.165, 1.54) is 6.92 Å². The number of hydrogen-bond acceptors (Lipinski definition) is 4. The highest BCUT2D eigenvalue weighted by molar-refractivity contribution is 6.31. The molecule has 0 saturated carbocycles. The zero-order valence-electron chi connectivity index (χ0n) is 14.0. The van der Waals surface area contributed by atoms with Crippen molar-refractivity contribution in [3.05, 3.63) is 69.7 Å². The lowest BCUT2D eigenvalue weighted by molar-refractivity contribution is -0.146. The van der Waals surface area contributed by atoms with Crippen LogP contribution in [0.2, 0.25) is 10.0 Å². The summed E-state index contributed by atoms with van der Waals surface area (Å²) in [6.07, 6.45) is -0.965. The summed E-state index contributed by atoms with van der Waals surface area (Å²) in [5.74, 6) is -1.21. The summed E-state index contributed by atoms with van der Waals surface area (Å²) in [5, 5.41) is 3.66. The van der Waals surface area contributed by atoms with Crippen LogP contribution < -0.4 is 5.32 Å². The molecule has 2 aromatic rings. The molecule has 1 amide bonds. The van der Waals surface area contributed by atoms with E-state index in [1.807, 2.05) is 0 Å². The summed E-state index contributed by atoms with van der Waals surface area (Å²) in [6, 6.07) is 12.7. The van der Waals surface area contributed by atoms with E-state index in [1.54, 1.807) is 48.5 Å². The molecule has 0 aliphatic rings. The van der Waals surface area contributed by atoms with E-state index in [-0.39, 0.29) is 24.7 Å². The third-order valence-corrected chi connectivity index (χ3v) is 4.03. The van der Waals surface area contributed by atoms with Crippen molar-refractivity contribution in [2.45, 2.75) is 19.4 Å². The predicted molar refractivity (Wildman–Crippen MR) is 99.7 cm³/mol. The molecule has 0 heterocycles. The molecule has 2 rings (SSSR count). The first-order chi connectivity index (χ1) is 12.4. The molecule has 0 bridgehead atoms. The Kier molecular flexibility index (Phi) is 7.18. The van der Waals surface area contributed by atoms with Crippen LogP contribution in [0.4, 0.5) is 0 Å². The number of amides is 1. The highest BCUT2D eigenvalue weighted by Gasteiger charge is 2.19. The first-order valence-electron chi connectivity index (χ1n) is 7.90. The van der Waals surface area contributed by atoms with Gasteiger partial charge in [0.25, 0.3) is 5.91 Å². The number of Topliss-reactive ketones (excluding diaryl/α,β-unsaturated/α-hetero) is 1. The fourth-order valence-electron chi connectivity index (χ4n) is 2.14. The van der Waals surface area contributed by atoms with E-state index >= 15 is 0 Å². The minimum absolute atomic E-state index is 0.0441. The van der Waals surface area contributed by atoms with Gasteiger partial charge in [-0.3, -0.25) is 14.4 Å². The van der Waals surface area contributed by atoms with Gasteiger partial charge in [-0.2, -0.15) is 0 Å². The second-order valence-corrected chi connectivity index (χ2v) is 6.39. The Balaban J connectivity index is 1.77. The fraction of sp³-hybridized carbons (Fsp3) is 0.211. The molecule has 0 aliphatic heterocycles. The normalized spacial score (nSPS) is 11.5. The van der Waals surface area contributed by atoms with Crippen molar-refractivity contribution in [1.82, 2.24) is 5.32 Å². The zero-order valence-corrected chi connectivity index (χ0v) is 15.5. The van der Waals surface area contributed by atoms with E-state index in [4.69, 9.17) is 27.9 Å². The number of nitrogens with one attached hydrogen (secondary N) is 1. The molecule has 1 N–H and O–H groups in total. The molecule has 0 fully saturated rings. The van der Waals surface area contributed by atoms with Gasteiger partial charge in [0.05, 0.1) is 6.42 Å². The van der Waals surface area contributed by atoms with E-state index in [0.717, 1.165) is 0 Å². The Hall–Kier alpha value is -2.37. The van der Waals surface area contributed by atoms with Gasteiger partial charge in [-0.25, -0.2) is 0 Å². The Morgan fingerprint density at radius 1 is 0.923 bits per heavy atom. The average molecular weight is 394 g/mol. The van der Waals surface area contributed by atoms with Gasteiger partial charge in [0, 0.05) is 27.7 Å². The first-order valence-corrected chi connectivity index (χ1v) is 8.65. The standard InChI is InChI=1S/C19H17Cl2NO4/c1-12(18(24)13-2-6-15(20)7-3-13)26-17(23)10-11-22-19(25)14-4-8-16(21)9-5-14/h2-9,12H,10-11H2,1H3,(H,22,25)/t12-/m1/s1. The number of halogens is 2. The van der Waals surface area contributed by atoms with Crippen molar-refractivity contribution in [1.29, 1.82) is 0 Å². The monoisotopic (exact) mass is 393 g/mol. The second kappa shape index (κ2) is 9.36. The molecule has 0 radical (unpaired) electrons. The maximum atomic E-state index is 12.2. The molecule has 26 heavy (non-hydrogen) atoms. The van der Waals surface area contributed by atoms with Crippen molar-refractivity contribution >= 4 is 40.9 Å². The number of benzene rings is 2. The Labute approximate surface area is 161 Å². The number of hydrogen-bond donors (Lipinski definition) is 1. The maximum Gasteiger partial charge on any atom is 0.308 e. The topological polar surface area (TPSA) is 72.5 Å². The molecule has 1 atom stereocenters. The van der Waals surface area contributed by atoms with Gasteiger partial charge in [0.15, 0.2) is 6.10 Å². The molecule has 0 saturated heterocycles. The van der Waals surface area contributed by atoms with Crippen molar-refractivity contribution in [2.75, 3.05) is 6.54 Å². The van der Waals surface area contributed by atoms with Crippen LogP contribution in [0, 0.1) is 0 Å². The van der Waals surface area contributed by atoms with Crippen LogP contribution in [0.3, 0.4) is 0 Å². The Morgan fingerprint density at radius 3 is 1.96 bits per heavy atom. The minimum Gasteiger partial charge on any atom is -0.454 e. The van der Waals surface area contributed by atoms with Crippen LogP contribution in [-0.2, 0) is 9.53 Å². The van der Waals surface area contributed by atoms with Crippen LogP contribution >= 0.6 is 23.2 Å². The van der Waals surface area contributed by atoms with E-state index < -0.39 is 12.1 Å². The Bertz CT molecular complexity index is 788. The third-order valence-electron chi connectivity index (χ3n) is 3.53. The van der Waals surface area contributed by atoms with E-state index in [0.29, 0.717) is 21.2 Å². The van der Waals surface area contributed by atoms with Crippen molar-refractivity contribution < 1.29 is 19.1 Å². The molecule has 5 nitrogen and oxygen atoms in total. The van der Waals surface area contributed by atoms with Gasteiger partial charge in [-0.15, -0.1) is 0 Å². The fourth-order valence-corrected chi connectivity index (χ4v) is 2.39. The van der Waals surface area contributed by atoms with Gasteiger partial charge in [0.1, 0.15) is 0 Å². The molecule has 0 aromatic heterocycles. The number of esters is 1. The lowest BCUT2D eigenvalue weighted by Crippen LogP contribution is -2.29. The molecule has 0 aliphatic carbocycles. The summed E-state index contributed by atoms with van der Waals surface area (Å²) >= 11 is 11.5. The third kappa shape index (κ3) is 5.86. The second-order valence-electron chi connectivity index (χ2n) is 5.52. The Morgan fingerprint density at radius 2 is 1.42 bits per heavy atom. The first kappa shape index (κ1) is 19.9. The molecule has 0 spiro atoms. The molecule has 0 unspecified atom stereocenters. The summed E-state index contributed by atoms with van der Waals surface area (Å²) in [6.45, 7) is 1.60. The van der Waals surface area contributed by atoms with E-state index in [9.17, 15) is 14.4 Å². The average Bonchev–Trinajstić information content (AvgIpc) is 2.62. The van der Waals surface area contributed by atoms with E-state index in [2.05, 4.69) is 5.32 Å². The maximum absolute atomic E-state index is 12.2. The summed E-state index contributed by atoms with van der Waals surface area (Å²) in [5.41, 5.74) is 0.847. The van der Waals surface area contributed by atoms with Gasteiger partial charge in [0.2, 0.25) is 5.78 Å². The van der Waals surface area contributed by atoms with Crippen LogP contribution in [-0.4, -0.2) is 30.3 Å². The smallest absolute Gasteiger partial charge is 0.308 e. The van der Waals surface area contributed by atoms with Crippen LogP contribution in [0.25, 0.3) is 0 Å². The van der Waals surface area contributed by atoms with Gasteiger partial charge < -0.3 is 10.1 Å². The van der Waals surface area contributed by atoms with Gasteiger partial charge in [-0.05, 0) is 55.5 Å². The number of ether oxygens (including phenoxy) is 1. The molecule has 7 heteroatoms.